The lowest BCUT2D eigenvalue weighted by Crippen LogP contribution is -2.10. The zero-order valence-corrected chi connectivity index (χ0v) is 9.04. The fourth-order valence-electron chi connectivity index (χ4n) is 1.01. The van der Waals surface area contributed by atoms with Crippen LogP contribution in [0.25, 0.3) is 0 Å². The van der Waals surface area contributed by atoms with E-state index in [4.69, 9.17) is 9.15 Å². The first-order valence-corrected chi connectivity index (χ1v) is 4.92. The lowest BCUT2D eigenvalue weighted by Gasteiger charge is -2.03. The van der Waals surface area contributed by atoms with Gasteiger partial charge in [-0.1, -0.05) is 0 Å². The van der Waals surface area contributed by atoms with Gasteiger partial charge in [0.15, 0.2) is 5.89 Å². The highest BCUT2D eigenvalue weighted by molar-refractivity contribution is 4.92. The third-order valence-corrected chi connectivity index (χ3v) is 1.75. The molecular weight excluding hydrogens is 180 g/mol. The first-order valence-electron chi connectivity index (χ1n) is 4.92. The summed E-state index contributed by atoms with van der Waals surface area (Å²) in [4.78, 5) is 4.14. The van der Waals surface area contributed by atoms with Crippen molar-refractivity contribution in [3.05, 3.63) is 17.8 Å². The molecule has 1 rings (SSSR count). The lowest BCUT2D eigenvalue weighted by atomic mass is 10.4. The van der Waals surface area contributed by atoms with Gasteiger partial charge >= 0.3 is 0 Å². The van der Waals surface area contributed by atoms with Gasteiger partial charge in [-0.05, 0) is 20.9 Å². The van der Waals surface area contributed by atoms with Crippen LogP contribution in [-0.4, -0.2) is 24.7 Å². The Labute approximate surface area is 84.7 Å². The summed E-state index contributed by atoms with van der Waals surface area (Å²) < 4.78 is 10.9. The topological polar surface area (TPSA) is 47.3 Å². The standard InChI is InChI=1S/C10H18N2O2/c1-8(2)13-7-9-6-12-10(14-9)4-5-11-3/h6,8,11H,4-5,7H2,1-3H3. The maximum absolute atomic E-state index is 5.46. The van der Waals surface area contributed by atoms with E-state index in [9.17, 15) is 0 Å². The van der Waals surface area contributed by atoms with Crippen molar-refractivity contribution in [1.29, 1.82) is 0 Å². The summed E-state index contributed by atoms with van der Waals surface area (Å²) in [6, 6.07) is 0. The number of hydrogen-bond acceptors (Lipinski definition) is 4. The maximum atomic E-state index is 5.46. The van der Waals surface area contributed by atoms with Crippen molar-refractivity contribution in [3.63, 3.8) is 0 Å². The molecule has 1 aromatic heterocycles. The Balaban J connectivity index is 2.35. The van der Waals surface area contributed by atoms with Gasteiger partial charge in [0.1, 0.15) is 12.4 Å². The third-order valence-electron chi connectivity index (χ3n) is 1.75. The Morgan fingerprint density at radius 1 is 1.57 bits per heavy atom. The summed E-state index contributed by atoms with van der Waals surface area (Å²) in [6.45, 7) is 5.38. The molecule has 0 fully saturated rings. The molecule has 80 valence electrons. The van der Waals surface area contributed by atoms with Crippen LogP contribution in [0.4, 0.5) is 0 Å². The van der Waals surface area contributed by atoms with Crippen molar-refractivity contribution in [3.8, 4) is 0 Å². The summed E-state index contributed by atoms with van der Waals surface area (Å²) >= 11 is 0. The van der Waals surface area contributed by atoms with Crippen LogP contribution in [0.5, 0.6) is 0 Å². The van der Waals surface area contributed by atoms with Gasteiger partial charge in [0.25, 0.3) is 0 Å². The van der Waals surface area contributed by atoms with Crippen molar-refractivity contribution in [2.75, 3.05) is 13.6 Å². The number of ether oxygens (including phenoxy) is 1. The minimum atomic E-state index is 0.223. The van der Waals surface area contributed by atoms with E-state index in [2.05, 4.69) is 10.3 Å². The van der Waals surface area contributed by atoms with Crippen LogP contribution in [0.15, 0.2) is 10.6 Å². The van der Waals surface area contributed by atoms with E-state index in [0.717, 1.165) is 24.6 Å². The second-order valence-electron chi connectivity index (χ2n) is 3.43. The molecule has 4 heteroatoms. The molecule has 0 aliphatic heterocycles. The number of hydrogen-bond donors (Lipinski definition) is 1. The second kappa shape index (κ2) is 5.78. The van der Waals surface area contributed by atoms with Crippen LogP contribution < -0.4 is 5.32 Å². The molecule has 0 saturated carbocycles. The van der Waals surface area contributed by atoms with Crippen molar-refractivity contribution in [2.45, 2.75) is 33.0 Å². The number of nitrogens with zero attached hydrogens (tertiary/aromatic N) is 1. The lowest BCUT2D eigenvalue weighted by molar-refractivity contribution is 0.0539. The minimum Gasteiger partial charge on any atom is -0.443 e. The predicted octanol–water partition coefficient (Wildman–Crippen LogP) is 1.36. The van der Waals surface area contributed by atoms with Crippen molar-refractivity contribution in [1.82, 2.24) is 10.3 Å². The van der Waals surface area contributed by atoms with E-state index in [0.29, 0.717) is 6.61 Å². The molecule has 1 aromatic rings. The number of aromatic nitrogens is 1. The molecule has 0 atom stereocenters. The molecular formula is C10H18N2O2. The zero-order valence-electron chi connectivity index (χ0n) is 9.04. The van der Waals surface area contributed by atoms with Gasteiger partial charge in [-0.2, -0.15) is 0 Å². The molecule has 1 N–H and O–H groups in total. The quantitative estimate of drug-likeness (QED) is 0.749. The normalized spacial score (nSPS) is 11.1. The maximum Gasteiger partial charge on any atom is 0.195 e. The van der Waals surface area contributed by atoms with Crippen LogP contribution in [0.2, 0.25) is 0 Å². The Morgan fingerprint density at radius 2 is 2.36 bits per heavy atom. The molecule has 0 aromatic carbocycles. The smallest absolute Gasteiger partial charge is 0.195 e. The van der Waals surface area contributed by atoms with Gasteiger partial charge in [-0.3, -0.25) is 0 Å². The van der Waals surface area contributed by atoms with E-state index >= 15 is 0 Å². The molecule has 0 bridgehead atoms. The van der Waals surface area contributed by atoms with E-state index in [1.165, 1.54) is 0 Å². The molecule has 0 radical (unpaired) electrons. The highest BCUT2D eigenvalue weighted by atomic mass is 16.5. The summed E-state index contributed by atoms with van der Waals surface area (Å²) in [6.07, 6.45) is 2.77. The molecule has 4 nitrogen and oxygen atoms in total. The molecule has 0 aliphatic carbocycles. The first kappa shape index (κ1) is 11.2. The average Bonchev–Trinajstić information content (AvgIpc) is 2.59. The van der Waals surface area contributed by atoms with Gasteiger partial charge < -0.3 is 14.5 Å². The number of likely N-dealkylation sites (N-methyl/N-ethyl adjacent to an activating group) is 1. The van der Waals surface area contributed by atoms with E-state index < -0.39 is 0 Å². The fourth-order valence-corrected chi connectivity index (χ4v) is 1.01. The molecule has 1 heterocycles. The van der Waals surface area contributed by atoms with Gasteiger partial charge in [0, 0.05) is 13.0 Å². The average molecular weight is 198 g/mol. The second-order valence-corrected chi connectivity index (χ2v) is 3.43. The molecule has 14 heavy (non-hydrogen) atoms. The van der Waals surface area contributed by atoms with Crippen molar-refractivity contribution >= 4 is 0 Å². The fraction of sp³-hybridized carbons (Fsp3) is 0.700. The Kier molecular flexibility index (Phi) is 4.62. The summed E-state index contributed by atoms with van der Waals surface area (Å²) in [5, 5.41) is 3.04. The first-order chi connectivity index (χ1) is 6.72. The molecule has 0 unspecified atom stereocenters. The zero-order chi connectivity index (χ0) is 10.4. The largest absolute Gasteiger partial charge is 0.443 e. The van der Waals surface area contributed by atoms with Crippen LogP contribution in [0.3, 0.4) is 0 Å². The summed E-state index contributed by atoms with van der Waals surface area (Å²) in [7, 11) is 1.91. The summed E-state index contributed by atoms with van der Waals surface area (Å²) in [5.74, 6) is 1.56. The van der Waals surface area contributed by atoms with Gasteiger partial charge in [0.2, 0.25) is 0 Å². The van der Waals surface area contributed by atoms with Crippen LogP contribution >= 0.6 is 0 Å². The highest BCUT2D eigenvalue weighted by Gasteiger charge is 2.04. The van der Waals surface area contributed by atoms with Crippen LogP contribution in [-0.2, 0) is 17.8 Å². The monoisotopic (exact) mass is 198 g/mol. The molecule has 0 amide bonds. The predicted molar refractivity (Wildman–Crippen MR) is 54.1 cm³/mol. The minimum absolute atomic E-state index is 0.223. The van der Waals surface area contributed by atoms with Gasteiger partial charge in [0.05, 0.1) is 12.3 Å². The SMILES string of the molecule is CNCCc1ncc(COC(C)C)o1. The van der Waals surface area contributed by atoms with Crippen LogP contribution in [0.1, 0.15) is 25.5 Å². The number of nitrogens with one attached hydrogen (secondary N) is 1. The number of oxazole rings is 1. The molecule has 0 spiro atoms. The van der Waals surface area contributed by atoms with Gasteiger partial charge in [-0.25, -0.2) is 4.98 Å². The van der Waals surface area contributed by atoms with Crippen molar-refractivity contribution in [2.24, 2.45) is 0 Å². The van der Waals surface area contributed by atoms with Crippen LogP contribution in [0, 0.1) is 0 Å². The molecule has 0 saturated heterocycles. The summed E-state index contributed by atoms with van der Waals surface area (Å²) in [5.41, 5.74) is 0. The van der Waals surface area contributed by atoms with E-state index in [1.807, 2.05) is 20.9 Å². The highest BCUT2D eigenvalue weighted by Crippen LogP contribution is 2.06. The molecule has 0 aliphatic rings. The Bertz CT molecular complexity index is 258. The van der Waals surface area contributed by atoms with E-state index in [1.54, 1.807) is 6.20 Å². The third kappa shape index (κ3) is 3.89. The number of rotatable bonds is 6. The van der Waals surface area contributed by atoms with E-state index in [-0.39, 0.29) is 6.10 Å². The van der Waals surface area contributed by atoms with Crippen molar-refractivity contribution < 1.29 is 9.15 Å². The van der Waals surface area contributed by atoms with Gasteiger partial charge in [-0.15, -0.1) is 0 Å². The Hall–Kier alpha value is -0.870. The Morgan fingerprint density at radius 3 is 3.00 bits per heavy atom.